The molecule has 1 aromatic carbocycles. The first kappa shape index (κ1) is 20.2. The van der Waals surface area contributed by atoms with Crippen LogP contribution in [-0.4, -0.2) is 19.2 Å². The van der Waals surface area contributed by atoms with Crippen molar-refractivity contribution in [3.63, 3.8) is 0 Å². The summed E-state index contributed by atoms with van der Waals surface area (Å²) in [7, 11) is -3.30. The first-order valence-corrected chi connectivity index (χ1v) is 10.7. The number of nitrogens with one attached hydrogen (secondary N) is 2. The number of pyridine rings is 1. The molecular weight excluding hydrogens is 346 g/mol. The van der Waals surface area contributed by atoms with Crippen LogP contribution in [0.3, 0.4) is 0 Å². The molecule has 0 saturated carbocycles. The molecule has 6 heteroatoms. The van der Waals surface area contributed by atoms with Crippen molar-refractivity contribution in [1.29, 1.82) is 0 Å². The van der Waals surface area contributed by atoms with Gasteiger partial charge in [-0.05, 0) is 41.5 Å². The average Bonchev–Trinajstić information content (AvgIpc) is 2.56. The summed E-state index contributed by atoms with van der Waals surface area (Å²) >= 11 is 0. The second-order valence-electron chi connectivity index (χ2n) is 7.10. The quantitative estimate of drug-likeness (QED) is 0.663. The number of nitrogens with zero attached hydrogens (tertiary/aromatic N) is 1. The number of para-hydroxylation sites is 1. The summed E-state index contributed by atoms with van der Waals surface area (Å²) in [6.07, 6.45) is 2.12. The summed E-state index contributed by atoms with van der Waals surface area (Å²) < 4.78 is 26.3. The highest BCUT2D eigenvalue weighted by Crippen LogP contribution is 2.34. The van der Waals surface area contributed by atoms with Gasteiger partial charge < -0.3 is 5.32 Å². The van der Waals surface area contributed by atoms with Gasteiger partial charge in [0.05, 0.1) is 17.6 Å². The van der Waals surface area contributed by atoms with E-state index in [0.29, 0.717) is 29.8 Å². The Balaban J connectivity index is 2.27. The fourth-order valence-corrected chi connectivity index (χ4v) is 3.97. The van der Waals surface area contributed by atoms with Gasteiger partial charge in [0.15, 0.2) is 0 Å². The van der Waals surface area contributed by atoms with Crippen LogP contribution in [0.15, 0.2) is 36.5 Å². The Morgan fingerprint density at radius 2 is 1.62 bits per heavy atom. The van der Waals surface area contributed by atoms with E-state index in [2.05, 4.69) is 60.9 Å². The Kier molecular flexibility index (Phi) is 6.64. The smallest absolute Gasteiger partial charge is 0.232 e. The molecule has 0 spiro atoms. The second-order valence-corrected chi connectivity index (χ2v) is 8.94. The van der Waals surface area contributed by atoms with Gasteiger partial charge in [-0.15, -0.1) is 0 Å². The Morgan fingerprint density at radius 1 is 1.00 bits per heavy atom. The highest BCUT2D eigenvalue weighted by molar-refractivity contribution is 7.92. The molecule has 1 aromatic heterocycles. The fraction of sp³-hybridized carbons (Fsp3) is 0.450. The number of sulfonamides is 1. The lowest BCUT2D eigenvalue weighted by molar-refractivity contribution is 0.600. The van der Waals surface area contributed by atoms with E-state index in [4.69, 9.17) is 0 Å². The van der Waals surface area contributed by atoms with E-state index >= 15 is 0 Å². The van der Waals surface area contributed by atoms with E-state index in [-0.39, 0.29) is 5.75 Å². The van der Waals surface area contributed by atoms with Crippen molar-refractivity contribution in [3.05, 3.63) is 47.7 Å². The van der Waals surface area contributed by atoms with Crippen molar-refractivity contribution in [2.45, 2.75) is 52.9 Å². The van der Waals surface area contributed by atoms with Gasteiger partial charge >= 0.3 is 0 Å². The van der Waals surface area contributed by atoms with E-state index in [0.717, 1.165) is 5.69 Å². The van der Waals surface area contributed by atoms with Gasteiger partial charge in [-0.1, -0.05) is 52.8 Å². The molecule has 0 radical (unpaired) electrons. The Bertz CT molecular complexity index is 802. The van der Waals surface area contributed by atoms with E-state index < -0.39 is 10.0 Å². The Hall–Kier alpha value is -2.08. The maximum atomic E-state index is 11.9. The number of hydrogen-bond donors (Lipinski definition) is 2. The van der Waals surface area contributed by atoms with Crippen molar-refractivity contribution >= 4 is 27.2 Å². The third kappa shape index (κ3) is 5.21. The monoisotopic (exact) mass is 375 g/mol. The van der Waals surface area contributed by atoms with Crippen LogP contribution in [0.4, 0.5) is 17.2 Å². The zero-order chi connectivity index (χ0) is 19.3. The summed E-state index contributed by atoms with van der Waals surface area (Å²) in [6.45, 7) is 10.5. The van der Waals surface area contributed by atoms with Gasteiger partial charge in [0, 0.05) is 5.69 Å². The molecule has 0 aliphatic carbocycles. The normalized spacial score (nSPS) is 11.8. The molecule has 0 aliphatic rings. The molecule has 2 N–H and O–H groups in total. The molecule has 2 rings (SSSR count). The molecule has 0 unspecified atom stereocenters. The number of hydrogen-bond acceptors (Lipinski definition) is 4. The van der Waals surface area contributed by atoms with Crippen molar-refractivity contribution < 1.29 is 8.42 Å². The Labute approximate surface area is 157 Å². The number of benzene rings is 1. The summed E-state index contributed by atoms with van der Waals surface area (Å²) in [5.41, 5.74) is 4.05. The minimum atomic E-state index is -3.30. The van der Waals surface area contributed by atoms with Crippen molar-refractivity contribution in [1.82, 2.24) is 4.98 Å². The van der Waals surface area contributed by atoms with E-state index in [1.807, 2.05) is 6.92 Å². The predicted octanol–water partition coefficient (Wildman–Crippen LogP) is 5.22. The third-order valence-corrected chi connectivity index (χ3v) is 5.63. The molecule has 1 heterocycles. The molecule has 0 fully saturated rings. The van der Waals surface area contributed by atoms with Crippen molar-refractivity contribution in [2.24, 2.45) is 0 Å². The van der Waals surface area contributed by atoms with Crippen molar-refractivity contribution in [3.8, 4) is 0 Å². The standard InChI is InChI=1S/C20H29N3O2S/c1-6-12-26(24,25)23-16-10-11-19(21-13-16)22-20-17(14(2)3)8-7-9-18(20)15(4)5/h7-11,13-15,23H,6,12H2,1-5H3,(H,21,22). The molecule has 0 bridgehead atoms. The molecule has 0 amide bonds. The number of anilines is 3. The summed E-state index contributed by atoms with van der Waals surface area (Å²) in [5.74, 6) is 1.57. The molecule has 0 saturated heterocycles. The molecule has 26 heavy (non-hydrogen) atoms. The SMILES string of the molecule is CCCS(=O)(=O)Nc1ccc(Nc2c(C(C)C)cccc2C(C)C)nc1. The minimum absolute atomic E-state index is 0.104. The van der Waals surface area contributed by atoms with Gasteiger partial charge in [0.1, 0.15) is 5.82 Å². The van der Waals surface area contributed by atoms with Gasteiger partial charge in [-0.2, -0.15) is 0 Å². The zero-order valence-corrected chi connectivity index (χ0v) is 17.0. The predicted molar refractivity (Wildman–Crippen MR) is 110 cm³/mol. The molecule has 142 valence electrons. The summed E-state index contributed by atoms with van der Waals surface area (Å²) in [5, 5.41) is 3.43. The zero-order valence-electron chi connectivity index (χ0n) is 16.2. The Morgan fingerprint density at radius 3 is 2.08 bits per heavy atom. The van der Waals surface area contributed by atoms with Gasteiger partial charge in [0.25, 0.3) is 0 Å². The van der Waals surface area contributed by atoms with Crippen LogP contribution in [0.1, 0.15) is 64.0 Å². The van der Waals surface area contributed by atoms with Crippen LogP contribution in [0.2, 0.25) is 0 Å². The molecule has 2 aromatic rings. The maximum Gasteiger partial charge on any atom is 0.232 e. The number of aromatic nitrogens is 1. The van der Waals surface area contributed by atoms with E-state index in [9.17, 15) is 8.42 Å². The number of rotatable bonds is 8. The maximum absolute atomic E-state index is 11.9. The van der Waals surface area contributed by atoms with Crippen LogP contribution < -0.4 is 10.0 Å². The van der Waals surface area contributed by atoms with Crippen molar-refractivity contribution in [2.75, 3.05) is 15.8 Å². The van der Waals surface area contributed by atoms with Crippen LogP contribution in [0.25, 0.3) is 0 Å². The minimum Gasteiger partial charge on any atom is -0.340 e. The molecule has 0 aliphatic heterocycles. The van der Waals surface area contributed by atoms with Crippen LogP contribution in [-0.2, 0) is 10.0 Å². The summed E-state index contributed by atoms with van der Waals surface area (Å²) in [6, 6.07) is 9.88. The van der Waals surface area contributed by atoms with E-state index in [1.54, 1.807) is 18.3 Å². The van der Waals surface area contributed by atoms with E-state index in [1.165, 1.54) is 11.1 Å². The van der Waals surface area contributed by atoms with Crippen LogP contribution in [0.5, 0.6) is 0 Å². The lowest BCUT2D eigenvalue weighted by Crippen LogP contribution is -2.16. The fourth-order valence-electron chi connectivity index (χ4n) is 2.85. The van der Waals surface area contributed by atoms with Gasteiger partial charge in [-0.25, -0.2) is 13.4 Å². The highest BCUT2D eigenvalue weighted by Gasteiger charge is 2.14. The first-order valence-electron chi connectivity index (χ1n) is 9.10. The largest absolute Gasteiger partial charge is 0.340 e. The molecular formula is C20H29N3O2S. The van der Waals surface area contributed by atoms with Gasteiger partial charge in [-0.3, -0.25) is 4.72 Å². The lowest BCUT2D eigenvalue weighted by Gasteiger charge is -2.20. The first-order chi connectivity index (χ1) is 12.2. The highest BCUT2D eigenvalue weighted by atomic mass is 32.2. The van der Waals surface area contributed by atoms with Crippen LogP contribution >= 0.6 is 0 Å². The topological polar surface area (TPSA) is 71.1 Å². The third-order valence-electron chi connectivity index (χ3n) is 4.14. The summed E-state index contributed by atoms with van der Waals surface area (Å²) in [4.78, 5) is 4.38. The molecule has 5 nitrogen and oxygen atoms in total. The average molecular weight is 376 g/mol. The van der Waals surface area contributed by atoms with Gasteiger partial charge in [0.2, 0.25) is 10.0 Å². The van der Waals surface area contributed by atoms with Crippen LogP contribution in [0, 0.1) is 0 Å². The lowest BCUT2D eigenvalue weighted by atomic mass is 9.92. The second kappa shape index (κ2) is 8.54. The molecule has 0 atom stereocenters.